The highest BCUT2D eigenvalue weighted by atomic mass is 32.2. The van der Waals surface area contributed by atoms with Crippen molar-refractivity contribution in [2.75, 3.05) is 10.8 Å². The van der Waals surface area contributed by atoms with Crippen LogP contribution in [0, 0.1) is 17.0 Å². The number of carbonyl (C=O) groups is 1. The molecule has 1 heterocycles. The Bertz CT molecular complexity index is 1740. The van der Waals surface area contributed by atoms with Crippen molar-refractivity contribution in [3.8, 4) is 5.69 Å². The fraction of sp³-hybridized carbons (Fsp3) is 0.148. The minimum Gasteiger partial charge on any atom is -0.283 e. The van der Waals surface area contributed by atoms with Gasteiger partial charge in [-0.25, -0.2) is 22.8 Å². The number of para-hydroxylation sites is 1. The van der Waals surface area contributed by atoms with Crippen molar-refractivity contribution in [1.82, 2.24) is 14.8 Å². The number of hydrogen-bond acceptors (Lipinski definition) is 7. The molecule has 0 atom stereocenters. The quantitative estimate of drug-likeness (QED) is 0.188. The van der Waals surface area contributed by atoms with Crippen LogP contribution in [0.1, 0.15) is 18.2 Å². The van der Waals surface area contributed by atoms with Crippen LogP contribution in [0.3, 0.4) is 0 Å². The van der Waals surface area contributed by atoms with Crippen molar-refractivity contribution >= 4 is 33.0 Å². The van der Waals surface area contributed by atoms with Gasteiger partial charge in [0.15, 0.2) is 0 Å². The summed E-state index contributed by atoms with van der Waals surface area (Å²) in [6.45, 7) is 2.45. The van der Waals surface area contributed by atoms with Crippen LogP contribution in [0.4, 0.5) is 11.4 Å². The Hall–Kier alpha value is -5.04. The number of benzene rings is 3. The number of nitrogens with zero attached hydrogens (tertiary/aromatic N) is 5. The molecule has 0 aliphatic rings. The van der Waals surface area contributed by atoms with Gasteiger partial charge in [-0.05, 0) is 55.8 Å². The van der Waals surface area contributed by atoms with Crippen LogP contribution >= 0.6 is 0 Å². The Labute approximate surface area is 230 Å². The predicted octanol–water partition coefficient (Wildman–Crippen LogP) is 3.13. The number of non-ortho nitro benzene ring substituents is 1. The number of aromatic nitrogens is 2. The first-order chi connectivity index (χ1) is 19.0. The molecule has 206 valence electrons. The molecule has 0 unspecified atom stereocenters. The van der Waals surface area contributed by atoms with Gasteiger partial charge in [-0.1, -0.05) is 36.4 Å². The molecule has 4 aromatic rings. The third-order valence-corrected chi connectivity index (χ3v) is 8.00. The van der Waals surface area contributed by atoms with Gasteiger partial charge in [0.25, 0.3) is 27.2 Å². The Morgan fingerprint density at radius 3 is 2.15 bits per heavy atom. The Balaban J connectivity index is 1.72. The fourth-order valence-corrected chi connectivity index (χ4v) is 5.54. The van der Waals surface area contributed by atoms with E-state index in [1.807, 2.05) is 0 Å². The minimum atomic E-state index is -4.35. The molecule has 0 spiro atoms. The van der Waals surface area contributed by atoms with Gasteiger partial charge in [0.1, 0.15) is 12.2 Å². The van der Waals surface area contributed by atoms with E-state index in [-0.39, 0.29) is 16.3 Å². The molecule has 0 aliphatic heterocycles. The lowest BCUT2D eigenvalue weighted by atomic mass is 10.1. The van der Waals surface area contributed by atoms with Crippen LogP contribution in [0.25, 0.3) is 5.69 Å². The van der Waals surface area contributed by atoms with Gasteiger partial charge in [-0.2, -0.15) is 5.10 Å². The highest BCUT2D eigenvalue weighted by Gasteiger charge is 2.33. The van der Waals surface area contributed by atoms with E-state index in [4.69, 9.17) is 0 Å². The van der Waals surface area contributed by atoms with E-state index in [1.54, 1.807) is 69.4 Å². The van der Waals surface area contributed by atoms with Crippen molar-refractivity contribution in [1.29, 1.82) is 0 Å². The molecule has 1 amide bonds. The van der Waals surface area contributed by atoms with Crippen molar-refractivity contribution in [2.45, 2.75) is 18.7 Å². The van der Waals surface area contributed by atoms with E-state index < -0.39 is 33.0 Å². The smallest absolute Gasteiger partial charge is 0.283 e. The first-order valence-electron chi connectivity index (χ1n) is 12.0. The summed E-state index contributed by atoms with van der Waals surface area (Å²) < 4.78 is 31.2. The van der Waals surface area contributed by atoms with Gasteiger partial charge in [-0.3, -0.25) is 24.4 Å². The number of hydrogen-bond donors (Lipinski definition) is 1. The lowest BCUT2D eigenvalue weighted by molar-refractivity contribution is -0.384. The van der Waals surface area contributed by atoms with Crippen LogP contribution in [-0.4, -0.2) is 40.9 Å². The third-order valence-electron chi connectivity index (χ3n) is 6.24. The molecule has 13 heteroatoms. The molecule has 0 bridgehead atoms. The lowest BCUT2D eigenvalue weighted by Gasteiger charge is -2.22. The molecule has 1 N–H and O–H groups in total. The number of nitrogens with one attached hydrogen (secondary N) is 1. The maximum absolute atomic E-state index is 13.8. The Morgan fingerprint density at radius 2 is 1.57 bits per heavy atom. The summed E-state index contributed by atoms with van der Waals surface area (Å²) in [6, 6.07) is 21.8. The molecule has 40 heavy (non-hydrogen) atoms. The summed E-state index contributed by atoms with van der Waals surface area (Å²) in [4.78, 5) is 37.0. The van der Waals surface area contributed by atoms with Crippen LogP contribution in [0.5, 0.6) is 0 Å². The SMILES string of the molecule is C/C(=N/NC(=O)CN(c1c(C)n(C)n(-c2ccccc2)c1=O)S(=O)(=O)c1ccccc1)c1ccc([N+](=O)[O-])cc1. The van der Waals surface area contributed by atoms with Crippen LogP contribution < -0.4 is 15.3 Å². The van der Waals surface area contributed by atoms with Crippen molar-refractivity contribution in [2.24, 2.45) is 12.1 Å². The van der Waals surface area contributed by atoms with E-state index in [2.05, 4.69) is 10.5 Å². The van der Waals surface area contributed by atoms with Gasteiger partial charge in [0.05, 0.1) is 26.9 Å². The number of hydrazone groups is 1. The molecular weight excluding hydrogens is 536 g/mol. The minimum absolute atomic E-state index is 0.0951. The molecule has 0 radical (unpaired) electrons. The second kappa shape index (κ2) is 11.4. The third kappa shape index (κ3) is 5.54. The normalized spacial score (nSPS) is 11.7. The average molecular weight is 563 g/mol. The Morgan fingerprint density at radius 1 is 1.00 bits per heavy atom. The molecule has 0 saturated heterocycles. The maximum atomic E-state index is 13.8. The molecule has 0 fully saturated rings. The van der Waals surface area contributed by atoms with Crippen LogP contribution in [0.2, 0.25) is 0 Å². The fourth-order valence-electron chi connectivity index (χ4n) is 4.05. The maximum Gasteiger partial charge on any atom is 0.296 e. The molecule has 0 aliphatic carbocycles. The van der Waals surface area contributed by atoms with Crippen LogP contribution in [0.15, 0.2) is 99.7 Å². The number of nitro groups is 1. The number of anilines is 1. The van der Waals surface area contributed by atoms with Gasteiger partial charge in [-0.15, -0.1) is 0 Å². The largest absolute Gasteiger partial charge is 0.296 e. The monoisotopic (exact) mass is 562 g/mol. The number of carbonyl (C=O) groups excluding carboxylic acids is 1. The summed E-state index contributed by atoms with van der Waals surface area (Å²) in [5, 5.41) is 14.9. The van der Waals surface area contributed by atoms with Gasteiger partial charge in [0, 0.05) is 19.2 Å². The second-order valence-electron chi connectivity index (χ2n) is 8.77. The van der Waals surface area contributed by atoms with Crippen LogP contribution in [-0.2, 0) is 21.9 Å². The number of nitro benzene ring substituents is 1. The van der Waals surface area contributed by atoms with Gasteiger partial charge < -0.3 is 0 Å². The number of rotatable bonds is 9. The van der Waals surface area contributed by atoms with Crippen molar-refractivity contribution in [3.63, 3.8) is 0 Å². The number of sulfonamides is 1. The van der Waals surface area contributed by atoms with Gasteiger partial charge in [0.2, 0.25) is 0 Å². The molecule has 1 aromatic heterocycles. The zero-order chi connectivity index (χ0) is 29.0. The standard InChI is InChI=1S/C27H26N6O6S/c1-19(21-14-16-23(17-15-21)33(36)37)28-29-25(34)18-31(40(38,39)24-12-8-5-9-13-24)26-20(2)30(3)32(27(26)35)22-10-6-4-7-11-22/h4-17H,18H2,1-3H3,(H,29,34)/b28-19-. The van der Waals surface area contributed by atoms with Crippen molar-refractivity contribution < 1.29 is 18.1 Å². The highest BCUT2D eigenvalue weighted by molar-refractivity contribution is 7.92. The molecule has 12 nitrogen and oxygen atoms in total. The average Bonchev–Trinajstić information content (AvgIpc) is 3.18. The number of amides is 1. The Kier molecular flexibility index (Phi) is 7.95. The van der Waals surface area contributed by atoms with E-state index in [1.165, 1.54) is 45.8 Å². The molecule has 3 aromatic carbocycles. The summed E-state index contributed by atoms with van der Waals surface area (Å²) >= 11 is 0. The molecule has 0 saturated carbocycles. The van der Waals surface area contributed by atoms with Crippen molar-refractivity contribution in [3.05, 3.63) is 117 Å². The molecular formula is C27H26N6O6S. The first kappa shape index (κ1) is 28.0. The summed E-state index contributed by atoms with van der Waals surface area (Å²) in [6.07, 6.45) is 0. The summed E-state index contributed by atoms with van der Waals surface area (Å²) in [5.74, 6) is -0.797. The first-order valence-corrected chi connectivity index (χ1v) is 13.5. The topological polar surface area (TPSA) is 149 Å². The predicted molar refractivity (Wildman–Crippen MR) is 150 cm³/mol. The second-order valence-corrected chi connectivity index (χ2v) is 10.6. The van der Waals surface area contributed by atoms with E-state index in [9.17, 15) is 28.1 Å². The lowest BCUT2D eigenvalue weighted by Crippen LogP contribution is -2.42. The van der Waals surface area contributed by atoms with E-state index in [0.717, 1.165) is 4.31 Å². The van der Waals surface area contributed by atoms with Gasteiger partial charge >= 0.3 is 0 Å². The van der Waals surface area contributed by atoms with E-state index in [0.29, 0.717) is 22.7 Å². The van der Waals surface area contributed by atoms with E-state index >= 15 is 0 Å². The zero-order valence-electron chi connectivity index (χ0n) is 21.9. The zero-order valence-corrected chi connectivity index (χ0v) is 22.7. The summed E-state index contributed by atoms with van der Waals surface area (Å²) in [5.41, 5.74) is 3.13. The highest BCUT2D eigenvalue weighted by Crippen LogP contribution is 2.25. The summed E-state index contributed by atoms with van der Waals surface area (Å²) in [7, 11) is -2.73. The molecule has 4 rings (SSSR count).